The van der Waals surface area contributed by atoms with E-state index in [2.05, 4.69) is 63.3 Å². The number of carbonyl (C=O) groups is 1. The van der Waals surface area contributed by atoms with E-state index >= 15 is 0 Å². The van der Waals surface area contributed by atoms with Crippen molar-refractivity contribution in [2.24, 2.45) is 0 Å². The van der Waals surface area contributed by atoms with E-state index in [0.717, 1.165) is 59.6 Å². The molecule has 35 heavy (non-hydrogen) atoms. The number of fused-ring (bicyclic) bond motifs is 3. The summed E-state index contributed by atoms with van der Waals surface area (Å²) in [5.74, 6) is -0.785. The predicted molar refractivity (Wildman–Crippen MR) is 137 cm³/mol. The number of aromatic amines is 1. The minimum absolute atomic E-state index is 0.189. The topological polar surface area (TPSA) is 68.8 Å². The molecule has 3 aromatic carbocycles. The van der Waals surface area contributed by atoms with Gasteiger partial charge in [0.2, 0.25) is 0 Å². The molecule has 6 nitrogen and oxygen atoms in total. The van der Waals surface area contributed by atoms with Gasteiger partial charge in [0.15, 0.2) is 0 Å². The van der Waals surface area contributed by atoms with Crippen molar-refractivity contribution < 1.29 is 14.6 Å². The zero-order valence-electron chi connectivity index (χ0n) is 19.6. The summed E-state index contributed by atoms with van der Waals surface area (Å²) in [5, 5.41) is 11.4. The van der Waals surface area contributed by atoms with Crippen LogP contribution in [0.25, 0.3) is 10.9 Å². The fourth-order valence-electron chi connectivity index (χ4n) is 5.60. The van der Waals surface area contributed by atoms with Gasteiger partial charge < -0.3 is 19.7 Å². The summed E-state index contributed by atoms with van der Waals surface area (Å²) in [6.07, 6.45) is 0.476. The van der Waals surface area contributed by atoms with E-state index in [4.69, 9.17) is 4.74 Å². The smallest absolute Gasteiger partial charge is 0.321 e. The lowest BCUT2D eigenvalue weighted by Crippen LogP contribution is -2.48. The van der Waals surface area contributed by atoms with Crippen LogP contribution >= 0.6 is 0 Å². The molecule has 0 saturated carbocycles. The molecule has 2 N–H and O–H groups in total. The first-order chi connectivity index (χ1) is 17.2. The van der Waals surface area contributed by atoms with E-state index in [0.29, 0.717) is 13.0 Å². The fraction of sp³-hybridized carbons (Fsp3) is 0.276. The number of rotatable bonds is 5. The van der Waals surface area contributed by atoms with Crippen LogP contribution in [0.5, 0.6) is 0 Å². The third-order valence-electron chi connectivity index (χ3n) is 7.33. The first-order valence-corrected chi connectivity index (χ1v) is 12.2. The SMILES string of the molecule is O=C(O)[C@H]1Cc2c([nH]c3ccccc23)C(c2ccc(N3CCOCC3)cc2)N1Cc1ccccc1. The summed E-state index contributed by atoms with van der Waals surface area (Å²) < 4.78 is 5.50. The van der Waals surface area contributed by atoms with Crippen molar-refractivity contribution in [1.82, 2.24) is 9.88 Å². The monoisotopic (exact) mass is 467 g/mol. The van der Waals surface area contributed by atoms with Crippen molar-refractivity contribution in [2.75, 3.05) is 31.2 Å². The van der Waals surface area contributed by atoms with Gasteiger partial charge in [0.1, 0.15) is 6.04 Å². The van der Waals surface area contributed by atoms with Gasteiger partial charge in [-0.15, -0.1) is 0 Å². The maximum Gasteiger partial charge on any atom is 0.321 e. The molecule has 1 aromatic heterocycles. The lowest BCUT2D eigenvalue weighted by atomic mass is 9.87. The molecule has 6 heteroatoms. The quantitative estimate of drug-likeness (QED) is 0.449. The van der Waals surface area contributed by atoms with Crippen LogP contribution < -0.4 is 4.90 Å². The van der Waals surface area contributed by atoms with Crippen molar-refractivity contribution in [3.05, 3.63) is 101 Å². The maximum absolute atomic E-state index is 12.6. The Morgan fingerprint density at radius 1 is 0.943 bits per heavy atom. The van der Waals surface area contributed by atoms with Crippen LogP contribution in [0.1, 0.15) is 28.4 Å². The molecule has 4 aromatic rings. The Hall–Kier alpha value is -3.61. The summed E-state index contributed by atoms with van der Waals surface area (Å²) >= 11 is 0. The average Bonchev–Trinajstić information content (AvgIpc) is 3.27. The molecular formula is C29H29N3O3. The highest BCUT2D eigenvalue weighted by Gasteiger charge is 2.41. The van der Waals surface area contributed by atoms with Crippen LogP contribution in [-0.2, 0) is 22.5 Å². The molecule has 1 unspecified atom stereocenters. The second-order valence-corrected chi connectivity index (χ2v) is 9.37. The van der Waals surface area contributed by atoms with Gasteiger partial charge in [0, 0.05) is 48.3 Å². The highest BCUT2D eigenvalue weighted by molar-refractivity contribution is 5.87. The number of morpholine rings is 1. The number of ether oxygens (including phenoxy) is 1. The molecule has 0 radical (unpaired) electrons. The molecule has 1 fully saturated rings. The van der Waals surface area contributed by atoms with Gasteiger partial charge in [-0.1, -0.05) is 60.7 Å². The standard InChI is InChI=1S/C29H29N3O3/c33-29(34)26-18-24-23-8-4-5-9-25(23)30-27(24)28(32(26)19-20-6-2-1-3-7-20)21-10-12-22(13-11-21)31-14-16-35-17-15-31/h1-13,26,28,30H,14-19H2,(H,33,34)/t26-,28?/m1/s1. The molecule has 2 aliphatic rings. The maximum atomic E-state index is 12.6. The summed E-state index contributed by atoms with van der Waals surface area (Å²) in [4.78, 5) is 20.7. The van der Waals surface area contributed by atoms with Gasteiger partial charge in [0.25, 0.3) is 0 Å². The number of benzene rings is 3. The zero-order chi connectivity index (χ0) is 23.8. The molecule has 1 saturated heterocycles. The van der Waals surface area contributed by atoms with Crippen LogP contribution in [0.4, 0.5) is 5.69 Å². The molecular weight excluding hydrogens is 438 g/mol. The number of anilines is 1. The third kappa shape index (κ3) is 4.09. The van der Waals surface area contributed by atoms with E-state index in [-0.39, 0.29) is 6.04 Å². The summed E-state index contributed by atoms with van der Waals surface area (Å²) in [5.41, 5.74) is 6.63. The number of para-hydroxylation sites is 1. The Balaban J connectivity index is 1.46. The second kappa shape index (κ2) is 9.21. The molecule has 0 bridgehead atoms. The summed E-state index contributed by atoms with van der Waals surface area (Å²) in [7, 11) is 0. The number of H-pyrrole nitrogens is 1. The van der Waals surface area contributed by atoms with E-state index < -0.39 is 12.0 Å². The summed E-state index contributed by atoms with van der Waals surface area (Å²) in [6.45, 7) is 3.82. The number of hydrogen-bond acceptors (Lipinski definition) is 4. The fourth-order valence-corrected chi connectivity index (χ4v) is 5.60. The van der Waals surface area contributed by atoms with Crippen molar-refractivity contribution in [1.29, 1.82) is 0 Å². The molecule has 2 atom stereocenters. The normalized spacial score (nSPS) is 20.6. The number of carboxylic acids is 1. The van der Waals surface area contributed by atoms with E-state index in [1.54, 1.807) is 0 Å². The molecule has 2 aliphatic heterocycles. The number of nitrogens with zero attached hydrogens (tertiary/aromatic N) is 2. The van der Waals surface area contributed by atoms with Gasteiger partial charge in [-0.2, -0.15) is 0 Å². The Kier molecular flexibility index (Phi) is 5.76. The Bertz CT molecular complexity index is 1330. The zero-order valence-corrected chi connectivity index (χ0v) is 19.6. The van der Waals surface area contributed by atoms with Crippen molar-refractivity contribution in [2.45, 2.75) is 25.0 Å². The van der Waals surface area contributed by atoms with Crippen LogP contribution in [-0.4, -0.2) is 53.3 Å². The van der Waals surface area contributed by atoms with E-state index in [1.807, 2.05) is 30.3 Å². The largest absolute Gasteiger partial charge is 0.480 e. The minimum atomic E-state index is -0.785. The first-order valence-electron chi connectivity index (χ1n) is 12.2. The van der Waals surface area contributed by atoms with Crippen LogP contribution in [0.15, 0.2) is 78.9 Å². The predicted octanol–water partition coefficient (Wildman–Crippen LogP) is 4.61. The molecule has 6 rings (SSSR count). The number of hydrogen-bond donors (Lipinski definition) is 2. The number of carboxylic acid groups (broad SMARTS) is 1. The number of nitrogens with one attached hydrogen (secondary N) is 1. The van der Waals surface area contributed by atoms with Crippen molar-refractivity contribution in [3.8, 4) is 0 Å². The van der Waals surface area contributed by atoms with Crippen molar-refractivity contribution in [3.63, 3.8) is 0 Å². The molecule has 0 amide bonds. The molecule has 0 spiro atoms. The molecule has 178 valence electrons. The highest BCUT2D eigenvalue weighted by atomic mass is 16.5. The van der Waals surface area contributed by atoms with Crippen LogP contribution in [0.2, 0.25) is 0 Å². The van der Waals surface area contributed by atoms with Crippen molar-refractivity contribution >= 4 is 22.6 Å². The lowest BCUT2D eigenvalue weighted by molar-refractivity contribution is -0.144. The van der Waals surface area contributed by atoms with Gasteiger partial charge in [-0.25, -0.2) is 0 Å². The number of aliphatic carboxylic acids is 1. The number of aromatic nitrogens is 1. The van der Waals surface area contributed by atoms with Gasteiger partial charge in [0.05, 0.1) is 19.3 Å². The van der Waals surface area contributed by atoms with Crippen LogP contribution in [0, 0.1) is 0 Å². The minimum Gasteiger partial charge on any atom is -0.480 e. The van der Waals surface area contributed by atoms with Crippen LogP contribution in [0.3, 0.4) is 0 Å². The second-order valence-electron chi connectivity index (χ2n) is 9.37. The van der Waals surface area contributed by atoms with Gasteiger partial charge in [-0.05, 0) is 34.9 Å². The van der Waals surface area contributed by atoms with Gasteiger partial charge in [-0.3, -0.25) is 9.69 Å². The third-order valence-corrected chi connectivity index (χ3v) is 7.33. The highest BCUT2D eigenvalue weighted by Crippen LogP contribution is 2.42. The Labute approximate surface area is 204 Å². The lowest BCUT2D eigenvalue weighted by Gasteiger charge is -2.40. The average molecular weight is 468 g/mol. The van der Waals surface area contributed by atoms with E-state index in [1.165, 1.54) is 5.69 Å². The summed E-state index contributed by atoms with van der Waals surface area (Å²) in [6, 6.07) is 26.2. The first kappa shape index (κ1) is 21.9. The molecule has 0 aliphatic carbocycles. The van der Waals surface area contributed by atoms with Gasteiger partial charge >= 0.3 is 5.97 Å². The molecule has 3 heterocycles. The van der Waals surface area contributed by atoms with E-state index in [9.17, 15) is 9.90 Å². The Morgan fingerprint density at radius 2 is 1.66 bits per heavy atom. The Morgan fingerprint density at radius 3 is 2.40 bits per heavy atom.